The van der Waals surface area contributed by atoms with Gasteiger partial charge in [0.1, 0.15) is 11.1 Å². The minimum absolute atomic E-state index is 0.182. The predicted molar refractivity (Wildman–Crippen MR) is 118 cm³/mol. The number of rotatable bonds is 4. The highest BCUT2D eigenvalue weighted by Gasteiger charge is 2.29. The Bertz CT molecular complexity index is 990. The molecule has 1 amide bonds. The van der Waals surface area contributed by atoms with Crippen molar-refractivity contribution in [2.24, 2.45) is 0 Å². The second-order valence-electron chi connectivity index (χ2n) is 8.26. The number of hydrogen-bond acceptors (Lipinski definition) is 7. The van der Waals surface area contributed by atoms with Gasteiger partial charge in [-0.25, -0.2) is 14.6 Å². The first-order chi connectivity index (χ1) is 14.8. The lowest BCUT2D eigenvalue weighted by Gasteiger charge is -2.30. The molecule has 1 aromatic carbocycles. The standard InChI is InChI=1S/C22H27N3O5S/c1-24(2)13-8-9-15(20-23-17-6-3-7-18(26)19(17)31-20)16(11-13)21(27)30-14-5-4-10-25(12-14)22(28)29/h8-9,11,14,18,26H,3-7,10,12H2,1-2H3,(H,28,29). The maximum Gasteiger partial charge on any atom is 0.407 e. The highest BCUT2D eigenvalue weighted by molar-refractivity contribution is 7.15. The van der Waals surface area contributed by atoms with Gasteiger partial charge in [-0.2, -0.15) is 0 Å². The number of hydrogen-bond donors (Lipinski definition) is 2. The molecule has 31 heavy (non-hydrogen) atoms. The smallest absolute Gasteiger partial charge is 0.407 e. The quantitative estimate of drug-likeness (QED) is 0.694. The largest absolute Gasteiger partial charge is 0.465 e. The molecule has 0 saturated carbocycles. The number of fused-ring (bicyclic) bond motifs is 1. The van der Waals surface area contributed by atoms with E-state index < -0.39 is 24.3 Å². The van der Waals surface area contributed by atoms with Crippen LogP contribution >= 0.6 is 11.3 Å². The number of likely N-dealkylation sites (tertiary alicyclic amines) is 1. The molecule has 1 aliphatic heterocycles. The first-order valence-corrected chi connectivity index (χ1v) is 11.3. The number of anilines is 1. The number of amides is 1. The molecule has 8 nitrogen and oxygen atoms in total. The number of benzene rings is 1. The molecule has 0 radical (unpaired) electrons. The average Bonchev–Trinajstić information content (AvgIpc) is 3.19. The fraction of sp³-hybridized carbons (Fsp3) is 0.500. The molecule has 0 bridgehead atoms. The summed E-state index contributed by atoms with van der Waals surface area (Å²) in [6, 6.07) is 5.58. The first kappa shape index (κ1) is 21.6. The molecular formula is C22H27N3O5S. The third kappa shape index (κ3) is 4.52. The maximum atomic E-state index is 13.2. The zero-order chi connectivity index (χ0) is 22.1. The van der Waals surface area contributed by atoms with Crippen molar-refractivity contribution in [2.75, 3.05) is 32.1 Å². The van der Waals surface area contributed by atoms with Gasteiger partial charge in [0.05, 0.1) is 28.8 Å². The van der Waals surface area contributed by atoms with Gasteiger partial charge >= 0.3 is 12.1 Å². The number of ether oxygens (including phenoxy) is 1. The monoisotopic (exact) mass is 445 g/mol. The van der Waals surface area contributed by atoms with Crippen LogP contribution in [-0.4, -0.2) is 65.4 Å². The molecule has 2 unspecified atom stereocenters. The van der Waals surface area contributed by atoms with Crippen molar-refractivity contribution in [3.63, 3.8) is 0 Å². The summed E-state index contributed by atoms with van der Waals surface area (Å²) in [5.74, 6) is -0.482. The van der Waals surface area contributed by atoms with Crippen molar-refractivity contribution < 1.29 is 24.5 Å². The fourth-order valence-electron chi connectivity index (χ4n) is 4.10. The first-order valence-electron chi connectivity index (χ1n) is 10.5. The molecule has 2 aliphatic rings. The number of piperidine rings is 1. The number of aryl methyl sites for hydroxylation is 1. The van der Waals surface area contributed by atoms with Gasteiger partial charge in [-0.15, -0.1) is 11.3 Å². The number of esters is 1. The third-order valence-corrected chi connectivity index (χ3v) is 7.05. The summed E-state index contributed by atoms with van der Waals surface area (Å²) in [4.78, 5) is 33.3. The Kier molecular flexibility index (Phi) is 6.15. The fourth-order valence-corrected chi connectivity index (χ4v) is 5.27. The third-order valence-electron chi connectivity index (χ3n) is 5.81. The van der Waals surface area contributed by atoms with E-state index in [4.69, 9.17) is 9.72 Å². The van der Waals surface area contributed by atoms with Gasteiger partial charge in [-0.1, -0.05) is 0 Å². The molecule has 0 spiro atoms. The SMILES string of the molecule is CN(C)c1ccc(-c2nc3c(s2)C(O)CCC3)c(C(=O)OC2CCCN(C(=O)O)C2)c1. The van der Waals surface area contributed by atoms with Crippen molar-refractivity contribution in [3.8, 4) is 10.6 Å². The molecule has 1 aliphatic carbocycles. The number of carboxylic acid groups (broad SMARTS) is 1. The lowest BCUT2D eigenvalue weighted by Crippen LogP contribution is -2.43. The molecule has 2 N–H and O–H groups in total. The van der Waals surface area contributed by atoms with E-state index >= 15 is 0 Å². The van der Waals surface area contributed by atoms with Gasteiger partial charge in [0.15, 0.2) is 0 Å². The van der Waals surface area contributed by atoms with Crippen LogP contribution in [0.25, 0.3) is 10.6 Å². The Morgan fingerprint density at radius 2 is 2.06 bits per heavy atom. The Labute approximate surface area is 185 Å². The lowest BCUT2D eigenvalue weighted by molar-refractivity contribution is 0.00849. The predicted octanol–water partition coefficient (Wildman–Crippen LogP) is 3.55. The van der Waals surface area contributed by atoms with Gasteiger partial charge in [-0.3, -0.25) is 0 Å². The molecule has 166 valence electrons. The van der Waals surface area contributed by atoms with Crippen molar-refractivity contribution in [2.45, 2.75) is 44.3 Å². The van der Waals surface area contributed by atoms with E-state index in [1.807, 2.05) is 31.1 Å². The minimum atomic E-state index is -0.997. The van der Waals surface area contributed by atoms with E-state index in [9.17, 15) is 19.8 Å². The van der Waals surface area contributed by atoms with E-state index in [1.165, 1.54) is 16.2 Å². The molecule has 4 rings (SSSR count). The van der Waals surface area contributed by atoms with Crippen LogP contribution in [0.4, 0.5) is 10.5 Å². The van der Waals surface area contributed by atoms with Gasteiger partial charge in [0, 0.05) is 31.9 Å². The van der Waals surface area contributed by atoms with Crippen LogP contribution < -0.4 is 4.90 Å². The molecular weight excluding hydrogens is 418 g/mol. The van der Waals surface area contributed by atoms with Crippen LogP contribution in [0.15, 0.2) is 18.2 Å². The number of thiazole rings is 1. The number of aliphatic hydroxyl groups excluding tert-OH is 1. The summed E-state index contributed by atoms with van der Waals surface area (Å²) >= 11 is 1.42. The average molecular weight is 446 g/mol. The van der Waals surface area contributed by atoms with E-state index in [-0.39, 0.29) is 6.54 Å². The summed E-state index contributed by atoms with van der Waals surface area (Å²) in [7, 11) is 3.79. The van der Waals surface area contributed by atoms with Gasteiger partial charge in [0.2, 0.25) is 0 Å². The molecule has 1 fully saturated rings. The molecule has 1 saturated heterocycles. The number of carbonyl (C=O) groups is 2. The normalized spacial score (nSPS) is 20.8. The molecule has 9 heteroatoms. The van der Waals surface area contributed by atoms with Crippen LogP contribution in [-0.2, 0) is 11.2 Å². The summed E-state index contributed by atoms with van der Waals surface area (Å²) < 4.78 is 5.74. The van der Waals surface area contributed by atoms with Gasteiger partial charge in [0.25, 0.3) is 0 Å². The van der Waals surface area contributed by atoms with Gasteiger partial charge < -0.3 is 24.7 Å². The maximum absolute atomic E-state index is 13.2. The van der Waals surface area contributed by atoms with Crippen molar-refractivity contribution in [1.29, 1.82) is 0 Å². The van der Waals surface area contributed by atoms with Crippen LogP contribution in [0.1, 0.15) is 52.7 Å². The second kappa shape index (κ2) is 8.84. The Hall–Kier alpha value is -2.65. The lowest BCUT2D eigenvalue weighted by atomic mass is 10.0. The van der Waals surface area contributed by atoms with Crippen molar-refractivity contribution in [3.05, 3.63) is 34.3 Å². The number of aliphatic hydroxyl groups is 1. The second-order valence-corrected chi connectivity index (χ2v) is 9.29. The van der Waals surface area contributed by atoms with E-state index in [0.717, 1.165) is 35.5 Å². The molecule has 2 aromatic rings. The summed E-state index contributed by atoms with van der Waals surface area (Å²) in [5, 5.41) is 20.3. The van der Waals surface area contributed by atoms with Crippen LogP contribution in [0, 0.1) is 0 Å². The molecule has 2 heterocycles. The minimum Gasteiger partial charge on any atom is -0.465 e. The Balaban J connectivity index is 1.65. The number of nitrogens with zero attached hydrogens (tertiary/aromatic N) is 3. The highest BCUT2D eigenvalue weighted by Crippen LogP contribution is 2.39. The Morgan fingerprint density at radius 1 is 1.26 bits per heavy atom. The highest BCUT2D eigenvalue weighted by atomic mass is 32.1. The van der Waals surface area contributed by atoms with Crippen molar-refractivity contribution >= 4 is 29.1 Å². The van der Waals surface area contributed by atoms with Crippen LogP contribution in [0.2, 0.25) is 0 Å². The Morgan fingerprint density at radius 3 is 2.77 bits per heavy atom. The topological polar surface area (TPSA) is 103 Å². The summed E-state index contributed by atoms with van der Waals surface area (Å²) in [6.45, 7) is 0.638. The van der Waals surface area contributed by atoms with Crippen LogP contribution in [0.3, 0.4) is 0 Å². The van der Waals surface area contributed by atoms with Crippen molar-refractivity contribution in [1.82, 2.24) is 9.88 Å². The molecule has 2 atom stereocenters. The summed E-state index contributed by atoms with van der Waals surface area (Å²) in [5.41, 5.74) is 2.83. The zero-order valence-corrected chi connectivity index (χ0v) is 18.5. The number of carbonyl (C=O) groups excluding carboxylic acids is 1. The zero-order valence-electron chi connectivity index (χ0n) is 17.7. The van der Waals surface area contributed by atoms with Gasteiger partial charge in [-0.05, 0) is 50.3 Å². The molecule has 1 aromatic heterocycles. The van der Waals surface area contributed by atoms with Crippen LogP contribution in [0.5, 0.6) is 0 Å². The van der Waals surface area contributed by atoms with E-state index in [2.05, 4.69) is 0 Å². The van der Waals surface area contributed by atoms with E-state index in [1.54, 1.807) is 6.07 Å². The van der Waals surface area contributed by atoms with E-state index in [0.29, 0.717) is 35.5 Å². The number of aromatic nitrogens is 1. The summed E-state index contributed by atoms with van der Waals surface area (Å²) in [6.07, 6.45) is 1.77.